The number of carbonyl (C=O) groups is 1. The fourth-order valence-electron chi connectivity index (χ4n) is 2.89. The maximum atomic E-state index is 12.0. The second kappa shape index (κ2) is 5.18. The standard InChI is InChI=1S/C17H15N3O2/c21-16-10-12(6-7-13-4-3-9-22-13)17-14(11-18-16)19-15-5-1-2-8-20(15)17/h1-9,12H,10-11H2,(H,18,21). The molecule has 4 rings (SSSR count). The van der Waals surface area contributed by atoms with Gasteiger partial charge in [0.2, 0.25) is 5.91 Å². The minimum Gasteiger partial charge on any atom is -0.465 e. The van der Waals surface area contributed by atoms with Crippen molar-refractivity contribution in [2.75, 3.05) is 0 Å². The summed E-state index contributed by atoms with van der Waals surface area (Å²) >= 11 is 0. The number of pyridine rings is 1. The lowest BCUT2D eigenvalue weighted by atomic mass is 9.99. The van der Waals surface area contributed by atoms with Crippen molar-refractivity contribution in [3.05, 3.63) is 66.0 Å². The average molecular weight is 293 g/mol. The molecule has 4 heterocycles. The molecule has 3 aromatic rings. The average Bonchev–Trinajstić information content (AvgIpc) is 3.13. The van der Waals surface area contributed by atoms with Gasteiger partial charge in [0.15, 0.2) is 0 Å². The van der Waals surface area contributed by atoms with Crippen molar-refractivity contribution < 1.29 is 9.21 Å². The summed E-state index contributed by atoms with van der Waals surface area (Å²) in [6.07, 6.45) is 7.97. The van der Waals surface area contributed by atoms with Crippen LogP contribution in [0.1, 0.15) is 29.5 Å². The molecule has 0 saturated carbocycles. The lowest BCUT2D eigenvalue weighted by Gasteiger charge is -2.10. The van der Waals surface area contributed by atoms with Crippen molar-refractivity contribution in [2.24, 2.45) is 0 Å². The van der Waals surface area contributed by atoms with Gasteiger partial charge in [-0.05, 0) is 30.3 Å². The molecule has 5 nitrogen and oxygen atoms in total. The van der Waals surface area contributed by atoms with Crippen LogP contribution in [0.4, 0.5) is 0 Å². The van der Waals surface area contributed by atoms with Crippen molar-refractivity contribution in [3.8, 4) is 0 Å². The lowest BCUT2D eigenvalue weighted by Crippen LogP contribution is -2.21. The van der Waals surface area contributed by atoms with Crippen molar-refractivity contribution in [2.45, 2.75) is 18.9 Å². The maximum Gasteiger partial charge on any atom is 0.221 e. The number of furan rings is 1. The number of hydrogen-bond acceptors (Lipinski definition) is 3. The molecule has 0 saturated heterocycles. The molecule has 22 heavy (non-hydrogen) atoms. The van der Waals surface area contributed by atoms with E-state index in [-0.39, 0.29) is 11.8 Å². The van der Waals surface area contributed by atoms with E-state index >= 15 is 0 Å². The van der Waals surface area contributed by atoms with Crippen LogP contribution in [0.25, 0.3) is 11.7 Å². The predicted octanol–water partition coefficient (Wildman–Crippen LogP) is 2.74. The van der Waals surface area contributed by atoms with Crippen LogP contribution in [0.15, 0.2) is 53.3 Å². The first-order valence-corrected chi connectivity index (χ1v) is 7.25. The number of nitrogens with one attached hydrogen (secondary N) is 1. The molecule has 1 N–H and O–H groups in total. The van der Waals surface area contributed by atoms with E-state index in [1.54, 1.807) is 6.26 Å². The van der Waals surface area contributed by atoms with Gasteiger partial charge in [-0.3, -0.25) is 4.79 Å². The van der Waals surface area contributed by atoms with Gasteiger partial charge in [0.05, 0.1) is 24.2 Å². The first-order chi connectivity index (χ1) is 10.8. The first-order valence-electron chi connectivity index (χ1n) is 7.25. The van der Waals surface area contributed by atoms with Crippen LogP contribution >= 0.6 is 0 Å². The molecule has 0 aromatic carbocycles. The van der Waals surface area contributed by atoms with Gasteiger partial charge in [-0.25, -0.2) is 4.98 Å². The summed E-state index contributed by atoms with van der Waals surface area (Å²) in [5, 5.41) is 2.91. The summed E-state index contributed by atoms with van der Waals surface area (Å²) in [5.41, 5.74) is 2.89. The summed E-state index contributed by atoms with van der Waals surface area (Å²) in [5.74, 6) is 0.789. The minimum atomic E-state index is -0.0278. The van der Waals surface area contributed by atoms with E-state index in [9.17, 15) is 4.79 Å². The zero-order valence-corrected chi connectivity index (χ0v) is 11.9. The second-order valence-corrected chi connectivity index (χ2v) is 5.33. The highest BCUT2D eigenvalue weighted by atomic mass is 16.3. The minimum absolute atomic E-state index is 0.0278. The molecule has 1 amide bonds. The largest absolute Gasteiger partial charge is 0.465 e. The Hall–Kier alpha value is -2.82. The molecule has 0 bridgehead atoms. The quantitative estimate of drug-likeness (QED) is 0.790. The monoisotopic (exact) mass is 293 g/mol. The van der Waals surface area contributed by atoms with Crippen LogP contribution in [0.3, 0.4) is 0 Å². The lowest BCUT2D eigenvalue weighted by molar-refractivity contribution is -0.121. The highest BCUT2D eigenvalue weighted by Crippen LogP contribution is 2.29. The van der Waals surface area contributed by atoms with Crippen molar-refractivity contribution in [1.29, 1.82) is 0 Å². The van der Waals surface area contributed by atoms with Gasteiger partial charge in [-0.2, -0.15) is 0 Å². The number of hydrogen-bond donors (Lipinski definition) is 1. The van der Waals surface area contributed by atoms with Crippen LogP contribution in [0.5, 0.6) is 0 Å². The smallest absolute Gasteiger partial charge is 0.221 e. The number of allylic oxidation sites excluding steroid dienone is 1. The van der Waals surface area contributed by atoms with E-state index in [1.807, 2.05) is 48.7 Å². The van der Waals surface area contributed by atoms with Gasteiger partial charge in [0, 0.05) is 18.5 Å². The highest BCUT2D eigenvalue weighted by molar-refractivity contribution is 5.78. The Balaban J connectivity index is 1.81. The number of carbonyl (C=O) groups excluding carboxylic acids is 1. The van der Waals surface area contributed by atoms with E-state index in [4.69, 9.17) is 4.42 Å². The van der Waals surface area contributed by atoms with Gasteiger partial charge >= 0.3 is 0 Å². The van der Waals surface area contributed by atoms with Crippen molar-refractivity contribution in [3.63, 3.8) is 0 Å². The number of nitrogens with zero attached hydrogens (tertiary/aromatic N) is 2. The molecule has 0 aliphatic carbocycles. The van der Waals surface area contributed by atoms with E-state index in [0.717, 1.165) is 22.8 Å². The molecule has 0 fully saturated rings. The van der Waals surface area contributed by atoms with Crippen LogP contribution in [-0.2, 0) is 11.3 Å². The molecule has 1 unspecified atom stereocenters. The van der Waals surface area contributed by atoms with Gasteiger partial charge in [0.1, 0.15) is 11.4 Å². The predicted molar refractivity (Wildman–Crippen MR) is 82.1 cm³/mol. The Morgan fingerprint density at radius 2 is 2.27 bits per heavy atom. The van der Waals surface area contributed by atoms with Gasteiger partial charge in [0.25, 0.3) is 0 Å². The fraction of sp³-hybridized carbons (Fsp3) is 0.176. The van der Waals surface area contributed by atoms with Gasteiger partial charge in [-0.1, -0.05) is 12.1 Å². The van der Waals surface area contributed by atoms with Crippen molar-refractivity contribution >= 4 is 17.6 Å². The molecule has 1 aliphatic rings. The van der Waals surface area contributed by atoms with Crippen LogP contribution in [0.2, 0.25) is 0 Å². The van der Waals surface area contributed by atoms with Gasteiger partial charge in [-0.15, -0.1) is 0 Å². The Morgan fingerprint density at radius 3 is 3.14 bits per heavy atom. The Kier molecular flexibility index (Phi) is 3.04. The molecule has 0 radical (unpaired) electrons. The van der Waals surface area contributed by atoms with Crippen LogP contribution in [-0.4, -0.2) is 15.3 Å². The molecular formula is C17H15N3O2. The normalized spacial score (nSPS) is 18.4. The molecule has 3 aromatic heterocycles. The Morgan fingerprint density at radius 1 is 1.32 bits per heavy atom. The molecule has 1 atom stereocenters. The zero-order chi connectivity index (χ0) is 14.9. The third kappa shape index (κ3) is 2.20. The molecular weight excluding hydrogens is 278 g/mol. The second-order valence-electron chi connectivity index (χ2n) is 5.33. The van der Waals surface area contributed by atoms with E-state index in [0.29, 0.717) is 13.0 Å². The molecule has 1 aliphatic heterocycles. The summed E-state index contributed by atoms with van der Waals surface area (Å²) in [6.45, 7) is 0.473. The third-order valence-electron chi connectivity index (χ3n) is 3.89. The SMILES string of the molecule is O=C1CC(C=Cc2ccco2)c2c(nc3ccccn23)CN1. The maximum absolute atomic E-state index is 12.0. The third-order valence-corrected chi connectivity index (χ3v) is 3.89. The van der Waals surface area contributed by atoms with Gasteiger partial charge < -0.3 is 14.1 Å². The zero-order valence-electron chi connectivity index (χ0n) is 11.9. The summed E-state index contributed by atoms with van der Waals surface area (Å²) in [6, 6.07) is 9.65. The molecule has 110 valence electrons. The number of amides is 1. The molecule has 0 spiro atoms. The summed E-state index contributed by atoms with van der Waals surface area (Å²) in [4.78, 5) is 16.6. The summed E-state index contributed by atoms with van der Waals surface area (Å²) in [7, 11) is 0. The number of aromatic nitrogens is 2. The Labute approximate surface area is 127 Å². The topological polar surface area (TPSA) is 59.5 Å². The summed E-state index contributed by atoms with van der Waals surface area (Å²) < 4.78 is 7.39. The van der Waals surface area contributed by atoms with Crippen molar-refractivity contribution in [1.82, 2.24) is 14.7 Å². The van der Waals surface area contributed by atoms with E-state index in [2.05, 4.69) is 14.7 Å². The van der Waals surface area contributed by atoms with E-state index in [1.165, 1.54) is 0 Å². The van der Waals surface area contributed by atoms with Crippen LogP contribution < -0.4 is 5.32 Å². The number of fused-ring (bicyclic) bond motifs is 3. The van der Waals surface area contributed by atoms with Crippen LogP contribution in [0, 0.1) is 0 Å². The fourth-order valence-corrected chi connectivity index (χ4v) is 2.89. The number of rotatable bonds is 2. The van der Waals surface area contributed by atoms with E-state index < -0.39 is 0 Å². The number of imidazole rings is 1. The first kappa shape index (κ1) is 12.9. The highest BCUT2D eigenvalue weighted by Gasteiger charge is 2.25. The Bertz CT molecular complexity index is 846. The molecule has 5 heteroatoms.